The molecule has 5 rings (SSSR count). The fourth-order valence-electron chi connectivity index (χ4n) is 5.53. The number of alkyl halides is 2. The van der Waals surface area contributed by atoms with Crippen LogP contribution in [0.25, 0.3) is 0 Å². The summed E-state index contributed by atoms with van der Waals surface area (Å²) >= 11 is 7.16. The summed E-state index contributed by atoms with van der Waals surface area (Å²) in [5.74, 6) is -8.20. The molecule has 0 aromatic heterocycles. The second-order valence-corrected chi connectivity index (χ2v) is 14.9. The molecule has 12 nitrogen and oxygen atoms in total. The third kappa shape index (κ3) is 10.6. The Balaban J connectivity index is 1.35. The number of amides is 3. The van der Waals surface area contributed by atoms with Crippen molar-refractivity contribution >= 4 is 58.9 Å². The van der Waals surface area contributed by atoms with E-state index >= 15 is 4.39 Å². The van der Waals surface area contributed by atoms with Gasteiger partial charge < -0.3 is 35.2 Å². The summed E-state index contributed by atoms with van der Waals surface area (Å²) in [6.45, 7) is 3.44. The van der Waals surface area contributed by atoms with Gasteiger partial charge >= 0.3 is 18.2 Å². The SMILES string of the molecule is CC(C)(C)OC(=O)N[C@H]1CSc2cc(F)c(/C(N)=N/OC(=O)C3CN(C(=O)OCc4ccccc4)CC(F)(F)C3)cc2N(Cc2ccc(Cl)cc2)C1=O. The van der Waals surface area contributed by atoms with Crippen LogP contribution in [0.3, 0.4) is 0 Å². The van der Waals surface area contributed by atoms with Crippen molar-refractivity contribution in [3.05, 3.63) is 94.3 Å². The highest BCUT2D eigenvalue weighted by Gasteiger charge is 2.46. The van der Waals surface area contributed by atoms with Crippen molar-refractivity contribution in [1.29, 1.82) is 0 Å². The minimum atomic E-state index is -3.44. The summed E-state index contributed by atoms with van der Waals surface area (Å²) in [5.41, 5.74) is 6.39. The lowest BCUT2D eigenvalue weighted by Gasteiger charge is -2.35. The van der Waals surface area contributed by atoms with Crippen LogP contribution in [0.4, 0.5) is 28.4 Å². The molecule has 0 aliphatic carbocycles. The molecule has 1 unspecified atom stereocenters. The number of piperidine rings is 1. The summed E-state index contributed by atoms with van der Waals surface area (Å²) in [7, 11) is 0. The number of rotatable bonds is 8. The van der Waals surface area contributed by atoms with Crippen LogP contribution in [0.1, 0.15) is 43.9 Å². The second kappa shape index (κ2) is 16.4. The molecular weight excluding hydrogens is 739 g/mol. The number of amidine groups is 1. The van der Waals surface area contributed by atoms with E-state index in [2.05, 4.69) is 10.5 Å². The summed E-state index contributed by atoms with van der Waals surface area (Å²) < 4.78 is 55.4. The lowest BCUT2D eigenvalue weighted by atomic mass is 9.95. The number of hydrogen-bond acceptors (Lipinski definition) is 9. The molecule has 1 fully saturated rings. The largest absolute Gasteiger partial charge is 0.445 e. The Morgan fingerprint density at radius 1 is 1.08 bits per heavy atom. The maximum atomic E-state index is 15.6. The van der Waals surface area contributed by atoms with Crippen LogP contribution >= 0.6 is 23.4 Å². The van der Waals surface area contributed by atoms with Crippen molar-refractivity contribution in [2.24, 2.45) is 16.8 Å². The van der Waals surface area contributed by atoms with Gasteiger partial charge in [-0.2, -0.15) is 0 Å². The smallest absolute Gasteiger partial charge is 0.410 e. The number of alkyl carbamates (subject to hydrolysis) is 1. The Morgan fingerprint density at radius 3 is 2.45 bits per heavy atom. The molecule has 2 aliphatic rings. The van der Waals surface area contributed by atoms with Gasteiger partial charge in [-0.1, -0.05) is 59.2 Å². The first-order valence-electron chi connectivity index (χ1n) is 16.4. The number of halogens is 4. The summed E-state index contributed by atoms with van der Waals surface area (Å²) in [5, 5.41) is 6.61. The van der Waals surface area contributed by atoms with Gasteiger partial charge in [0.2, 0.25) is 0 Å². The van der Waals surface area contributed by atoms with Crippen LogP contribution in [0, 0.1) is 11.7 Å². The molecule has 0 bridgehead atoms. The van der Waals surface area contributed by atoms with Gasteiger partial charge in [0.1, 0.15) is 24.1 Å². The first kappa shape index (κ1) is 39.3. The highest BCUT2D eigenvalue weighted by Crippen LogP contribution is 2.38. The van der Waals surface area contributed by atoms with Gasteiger partial charge in [-0.15, -0.1) is 11.8 Å². The number of ether oxygens (including phenoxy) is 2. The van der Waals surface area contributed by atoms with Crippen LogP contribution in [0.5, 0.6) is 0 Å². The number of nitrogens with zero attached hydrogens (tertiary/aromatic N) is 3. The lowest BCUT2D eigenvalue weighted by Crippen LogP contribution is -2.51. The van der Waals surface area contributed by atoms with E-state index in [1.165, 1.54) is 11.0 Å². The third-order valence-electron chi connectivity index (χ3n) is 7.97. The van der Waals surface area contributed by atoms with Gasteiger partial charge in [-0.25, -0.2) is 27.6 Å². The quantitative estimate of drug-likeness (QED) is 0.114. The number of carbonyl (C=O) groups excluding carboxylic acids is 4. The molecule has 2 heterocycles. The highest BCUT2D eigenvalue weighted by atomic mass is 35.5. The minimum Gasteiger partial charge on any atom is -0.445 e. The number of oxime groups is 1. The number of benzene rings is 3. The zero-order valence-corrected chi connectivity index (χ0v) is 30.5. The predicted molar refractivity (Wildman–Crippen MR) is 191 cm³/mol. The first-order valence-corrected chi connectivity index (χ1v) is 17.7. The molecular formula is C36H37ClF3N5O7S. The molecule has 53 heavy (non-hydrogen) atoms. The number of nitrogens with two attached hydrogens (primary N) is 1. The van der Waals surface area contributed by atoms with Gasteiger partial charge in [0.25, 0.3) is 11.8 Å². The average molecular weight is 776 g/mol. The van der Waals surface area contributed by atoms with Crippen LogP contribution in [-0.2, 0) is 37.1 Å². The number of nitrogens with one attached hydrogen (secondary N) is 1. The Labute approximate surface area is 312 Å². The van der Waals surface area contributed by atoms with Crippen molar-refractivity contribution in [2.45, 2.75) is 62.8 Å². The number of carbonyl (C=O) groups is 4. The molecule has 2 atom stereocenters. The van der Waals surface area contributed by atoms with Crippen molar-refractivity contribution in [1.82, 2.24) is 10.2 Å². The van der Waals surface area contributed by atoms with Gasteiger partial charge in [-0.05, 0) is 56.2 Å². The van der Waals surface area contributed by atoms with E-state index in [1.54, 1.807) is 75.4 Å². The monoisotopic (exact) mass is 775 g/mol. The molecule has 2 aliphatic heterocycles. The van der Waals surface area contributed by atoms with Crippen LogP contribution in [-0.4, -0.2) is 71.2 Å². The fourth-order valence-corrected chi connectivity index (χ4v) is 6.73. The second-order valence-electron chi connectivity index (χ2n) is 13.4. The van der Waals surface area contributed by atoms with E-state index in [-0.39, 0.29) is 30.2 Å². The maximum Gasteiger partial charge on any atom is 0.410 e. The molecule has 3 aromatic rings. The third-order valence-corrected chi connectivity index (χ3v) is 9.36. The molecule has 1 saturated heterocycles. The van der Waals surface area contributed by atoms with Crippen LogP contribution < -0.4 is 16.0 Å². The van der Waals surface area contributed by atoms with Crippen molar-refractivity contribution in [2.75, 3.05) is 23.7 Å². The zero-order chi connectivity index (χ0) is 38.5. The van der Waals surface area contributed by atoms with E-state index in [4.69, 9.17) is 31.6 Å². The first-order chi connectivity index (χ1) is 25.0. The van der Waals surface area contributed by atoms with Crippen LogP contribution in [0.15, 0.2) is 76.8 Å². The van der Waals surface area contributed by atoms with E-state index in [0.717, 1.165) is 17.8 Å². The molecule has 0 saturated carbocycles. The molecule has 0 radical (unpaired) electrons. The molecule has 0 spiro atoms. The molecule has 3 amide bonds. The highest BCUT2D eigenvalue weighted by molar-refractivity contribution is 7.99. The van der Waals surface area contributed by atoms with Crippen molar-refractivity contribution in [3.63, 3.8) is 0 Å². The number of thioether (sulfide) groups is 1. The van der Waals surface area contributed by atoms with E-state index in [0.29, 0.717) is 25.9 Å². The Bertz CT molecular complexity index is 1880. The van der Waals surface area contributed by atoms with Crippen LogP contribution in [0.2, 0.25) is 5.02 Å². The molecule has 3 aromatic carbocycles. The summed E-state index contributed by atoms with van der Waals surface area (Å²) in [4.78, 5) is 59.5. The lowest BCUT2D eigenvalue weighted by molar-refractivity contribution is -0.158. The maximum absolute atomic E-state index is 15.6. The summed E-state index contributed by atoms with van der Waals surface area (Å²) in [6, 6.07) is 16.6. The summed E-state index contributed by atoms with van der Waals surface area (Å²) in [6.07, 6.45) is -2.80. The van der Waals surface area contributed by atoms with E-state index < -0.39 is 78.7 Å². The van der Waals surface area contributed by atoms with E-state index in [1.807, 2.05) is 0 Å². The number of anilines is 1. The number of fused-ring (bicyclic) bond motifs is 1. The zero-order valence-electron chi connectivity index (χ0n) is 28.9. The fraction of sp³-hybridized carbons (Fsp3) is 0.361. The van der Waals surface area contributed by atoms with Gasteiger partial charge in [-0.3, -0.25) is 4.79 Å². The molecule has 3 N–H and O–H groups in total. The standard InChI is InChI=1S/C36H37ClF3N5O7S/c1-35(2,3)51-33(48)42-27-19-53-29-14-26(38)25(13-28(29)45(31(27)46)16-21-9-11-24(37)12-10-21)30(41)43-52-32(47)23-15-36(39,40)20-44(17-23)34(49)50-18-22-7-5-4-6-8-22/h4-14,23,27H,15-20H2,1-3H3,(H2,41,43)(H,42,48)/t23?,27-/m0/s1. The normalized spacial score (nSPS) is 18.8. The van der Waals surface area contributed by atoms with Gasteiger partial charge in [0, 0.05) is 28.6 Å². The number of hydrogen-bond donors (Lipinski definition) is 2. The van der Waals surface area contributed by atoms with E-state index in [9.17, 15) is 28.0 Å². The Kier molecular flexibility index (Phi) is 12.1. The average Bonchev–Trinajstić information content (AvgIpc) is 3.20. The Morgan fingerprint density at radius 2 is 1.77 bits per heavy atom. The van der Waals surface area contributed by atoms with Crippen molar-refractivity contribution < 1.29 is 46.7 Å². The topological polar surface area (TPSA) is 153 Å². The van der Waals surface area contributed by atoms with Gasteiger partial charge in [0.05, 0.1) is 30.3 Å². The Hall–Kier alpha value is -4.96. The molecule has 282 valence electrons. The van der Waals surface area contributed by atoms with Crippen molar-refractivity contribution in [3.8, 4) is 0 Å². The minimum absolute atomic E-state index is 0.0205. The van der Waals surface area contributed by atoms with Gasteiger partial charge in [0.15, 0.2) is 5.84 Å². The molecule has 17 heteroatoms. The predicted octanol–water partition coefficient (Wildman–Crippen LogP) is 6.47. The number of likely N-dealkylation sites (tertiary alicyclic amines) is 1.